The molecular weight excluding hydrogens is 350 g/mol. The summed E-state index contributed by atoms with van der Waals surface area (Å²) in [6, 6.07) is 13.5. The van der Waals surface area contributed by atoms with Crippen LogP contribution >= 0.6 is 0 Å². The van der Waals surface area contributed by atoms with Crippen LogP contribution in [-0.2, 0) is 4.79 Å². The van der Waals surface area contributed by atoms with E-state index in [1.54, 1.807) is 17.3 Å². The molecule has 0 saturated heterocycles. The lowest BCUT2D eigenvalue weighted by molar-refractivity contribution is -0.117. The summed E-state index contributed by atoms with van der Waals surface area (Å²) in [6.07, 6.45) is 3.44. The van der Waals surface area contributed by atoms with Gasteiger partial charge >= 0.3 is 0 Å². The van der Waals surface area contributed by atoms with Crippen molar-refractivity contribution < 1.29 is 4.79 Å². The summed E-state index contributed by atoms with van der Waals surface area (Å²) in [6.45, 7) is 6.77. The van der Waals surface area contributed by atoms with Gasteiger partial charge in [0.2, 0.25) is 5.91 Å². The second-order valence-corrected chi connectivity index (χ2v) is 6.65. The van der Waals surface area contributed by atoms with E-state index in [9.17, 15) is 4.79 Å². The zero-order valence-corrected chi connectivity index (χ0v) is 16.8. The van der Waals surface area contributed by atoms with Gasteiger partial charge in [0.1, 0.15) is 5.82 Å². The number of pyridine rings is 1. The Labute approximate surface area is 165 Å². The summed E-state index contributed by atoms with van der Waals surface area (Å²) in [7, 11) is 1.89. The minimum Gasteiger partial charge on any atom is -0.350 e. The number of nitrogens with zero attached hydrogens (tertiary/aromatic N) is 5. The predicted molar refractivity (Wildman–Crippen MR) is 112 cm³/mol. The van der Waals surface area contributed by atoms with Crippen molar-refractivity contribution in [3.63, 3.8) is 0 Å². The maximum atomic E-state index is 12.9. The average Bonchev–Trinajstić information content (AvgIpc) is 2.71. The van der Waals surface area contributed by atoms with Gasteiger partial charge in [0.05, 0.1) is 6.54 Å². The first kappa shape index (κ1) is 19.5. The number of anilines is 2. The Morgan fingerprint density at radius 2 is 1.68 bits per heavy atom. The highest BCUT2D eigenvalue weighted by Crippen LogP contribution is 2.24. The summed E-state index contributed by atoms with van der Waals surface area (Å²) < 4.78 is 0. The summed E-state index contributed by atoms with van der Waals surface area (Å²) in [5.74, 6) is 1.42. The van der Waals surface area contributed by atoms with Gasteiger partial charge in [-0.2, -0.15) is 0 Å². The molecule has 1 amide bonds. The molecule has 3 aromatic rings. The number of para-hydroxylation sites is 1. The van der Waals surface area contributed by atoms with E-state index in [2.05, 4.69) is 9.97 Å². The standard InChI is InChI=1S/C22H25N5O/c1-5-27(19-9-7-6-8-10-19)20(28)15-26(4)22-16(2)17(3)24-21(25-22)18-11-13-23-14-12-18/h6-14H,5,15H2,1-4H3. The van der Waals surface area contributed by atoms with E-state index in [-0.39, 0.29) is 12.5 Å². The summed E-state index contributed by atoms with van der Waals surface area (Å²) in [4.78, 5) is 30.0. The quantitative estimate of drug-likeness (QED) is 0.658. The predicted octanol–water partition coefficient (Wildman–Crippen LogP) is 3.64. The highest BCUT2D eigenvalue weighted by Gasteiger charge is 2.19. The molecule has 0 fully saturated rings. The zero-order chi connectivity index (χ0) is 20.1. The van der Waals surface area contributed by atoms with Crippen LogP contribution in [0.4, 0.5) is 11.5 Å². The lowest BCUT2D eigenvalue weighted by atomic mass is 10.2. The number of hydrogen-bond donors (Lipinski definition) is 0. The van der Waals surface area contributed by atoms with Crippen molar-refractivity contribution in [3.8, 4) is 11.4 Å². The number of hydrogen-bond acceptors (Lipinski definition) is 5. The number of aromatic nitrogens is 3. The van der Waals surface area contributed by atoms with Gasteiger partial charge in [-0.25, -0.2) is 9.97 Å². The number of likely N-dealkylation sites (N-methyl/N-ethyl adjacent to an activating group) is 2. The maximum absolute atomic E-state index is 12.9. The molecular formula is C22H25N5O. The van der Waals surface area contributed by atoms with Gasteiger partial charge in [0.15, 0.2) is 5.82 Å². The van der Waals surface area contributed by atoms with Crippen LogP contribution in [0.3, 0.4) is 0 Å². The highest BCUT2D eigenvalue weighted by molar-refractivity contribution is 5.96. The first-order valence-corrected chi connectivity index (χ1v) is 9.33. The van der Waals surface area contributed by atoms with E-state index >= 15 is 0 Å². The molecule has 0 bridgehead atoms. The van der Waals surface area contributed by atoms with Gasteiger partial charge in [0, 0.05) is 48.5 Å². The Bertz CT molecular complexity index is 944. The van der Waals surface area contributed by atoms with Crippen molar-refractivity contribution in [1.29, 1.82) is 0 Å². The molecule has 28 heavy (non-hydrogen) atoms. The van der Waals surface area contributed by atoms with Crippen molar-refractivity contribution in [2.75, 3.05) is 29.9 Å². The Morgan fingerprint density at radius 1 is 1.00 bits per heavy atom. The first-order chi connectivity index (χ1) is 13.5. The third-order valence-electron chi connectivity index (χ3n) is 4.72. The fourth-order valence-electron chi connectivity index (χ4n) is 3.09. The Morgan fingerprint density at radius 3 is 2.32 bits per heavy atom. The fourth-order valence-corrected chi connectivity index (χ4v) is 3.09. The summed E-state index contributed by atoms with van der Waals surface area (Å²) >= 11 is 0. The molecule has 3 rings (SSSR count). The van der Waals surface area contributed by atoms with Gasteiger partial charge in [-0.15, -0.1) is 0 Å². The highest BCUT2D eigenvalue weighted by atomic mass is 16.2. The molecule has 0 aliphatic heterocycles. The normalized spacial score (nSPS) is 10.6. The number of carbonyl (C=O) groups is 1. The molecule has 0 spiro atoms. The van der Waals surface area contributed by atoms with Gasteiger partial charge in [0.25, 0.3) is 0 Å². The smallest absolute Gasteiger partial charge is 0.246 e. The van der Waals surface area contributed by atoms with Crippen molar-refractivity contribution in [2.24, 2.45) is 0 Å². The number of benzene rings is 1. The number of aryl methyl sites for hydroxylation is 1. The van der Waals surface area contributed by atoms with Crippen LogP contribution in [0.25, 0.3) is 11.4 Å². The molecule has 6 nitrogen and oxygen atoms in total. The van der Waals surface area contributed by atoms with Crippen molar-refractivity contribution in [2.45, 2.75) is 20.8 Å². The lowest BCUT2D eigenvalue weighted by Crippen LogP contribution is -2.39. The van der Waals surface area contributed by atoms with Crippen LogP contribution in [0.1, 0.15) is 18.2 Å². The van der Waals surface area contributed by atoms with E-state index < -0.39 is 0 Å². The second-order valence-electron chi connectivity index (χ2n) is 6.65. The molecule has 0 radical (unpaired) electrons. The van der Waals surface area contributed by atoms with Gasteiger partial charge in [-0.05, 0) is 45.0 Å². The second kappa shape index (κ2) is 8.61. The Balaban J connectivity index is 1.86. The van der Waals surface area contributed by atoms with Gasteiger partial charge in [-0.3, -0.25) is 9.78 Å². The van der Waals surface area contributed by atoms with E-state index in [1.807, 2.05) is 75.2 Å². The molecule has 0 aliphatic carbocycles. The van der Waals surface area contributed by atoms with Crippen molar-refractivity contribution in [1.82, 2.24) is 15.0 Å². The monoisotopic (exact) mass is 375 g/mol. The number of rotatable bonds is 6. The first-order valence-electron chi connectivity index (χ1n) is 9.33. The minimum atomic E-state index is 0.0253. The molecule has 2 heterocycles. The summed E-state index contributed by atoms with van der Waals surface area (Å²) in [5, 5.41) is 0. The van der Waals surface area contributed by atoms with E-state index in [4.69, 9.17) is 4.98 Å². The van der Waals surface area contributed by atoms with Crippen LogP contribution < -0.4 is 9.80 Å². The third-order valence-corrected chi connectivity index (χ3v) is 4.72. The molecule has 0 N–H and O–H groups in total. The van der Waals surface area contributed by atoms with Crippen molar-refractivity contribution >= 4 is 17.4 Å². The van der Waals surface area contributed by atoms with E-state index in [0.717, 1.165) is 28.3 Å². The minimum absolute atomic E-state index is 0.0253. The number of carbonyl (C=O) groups excluding carboxylic acids is 1. The van der Waals surface area contributed by atoms with Crippen LogP contribution in [-0.4, -0.2) is 41.0 Å². The largest absolute Gasteiger partial charge is 0.350 e. The molecule has 0 aliphatic rings. The Hall–Kier alpha value is -3.28. The van der Waals surface area contributed by atoms with Crippen LogP contribution in [0.15, 0.2) is 54.9 Å². The molecule has 2 aromatic heterocycles. The molecule has 0 unspecified atom stereocenters. The molecule has 0 saturated carbocycles. The van der Waals surface area contributed by atoms with Crippen molar-refractivity contribution in [3.05, 3.63) is 66.1 Å². The SMILES string of the molecule is CCN(C(=O)CN(C)c1nc(-c2ccncc2)nc(C)c1C)c1ccccc1. The van der Waals surface area contributed by atoms with Crippen LogP contribution in [0, 0.1) is 13.8 Å². The molecule has 6 heteroatoms. The van der Waals surface area contributed by atoms with Crippen LogP contribution in [0.5, 0.6) is 0 Å². The summed E-state index contributed by atoms with van der Waals surface area (Å²) in [5.41, 5.74) is 3.66. The van der Waals surface area contributed by atoms with E-state index in [1.165, 1.54) is 0 Å². The Kier molecular flexibility index (Phi) is 5.99. The molecule has 144 valence electrons. The topological polar surface area (TPSA) is 62.2 Å². The average molecular weight is 375 g/mol. The van der Waals surface area contributed by atoms with Gasteiger partial charge in [-0.1, -0.05) is 18.2 Å². The zero-order valence-electron chi connectivity index (χ0n) is 16.8. The number of amides is 1. The maximum Gasteiger partial charge on any atom is 0.246 e. The third kappa shape index (κ3) is 4.17. The lowest BCUT2D eigenvalue weighted by Gasteiger charge is -2.26. The van der Waals surface area contributed by atoms with Gasteiger partial charge < -0.3 is 9.80 Å². The van der Waals surface area contributed by atoms with E-state index in [0.29, 0.717) is 12.4 Å². The molecule has 0 atom stereocenters. The molecule has 1 aromatic carbocycles. The van der Waals surface area contributed by atoms with Crippen LogP contribution in [0.2, 0.25) is 0 Å². The fraction of sp³-hybridized carbons (Fsp3) is 0.273.